The van der Waals surface area contributed by atoms with Gasteiger partial charge in [-0.2, -0.15) is 11.8 Å². The summed E-state index contributed by atoms with van der Waals surface area (Å²) in [4.78, 5) is 19.5. The minimum Gasteiger partial charge on any atom is -0.393 e. The van der Waals surface area contributed by atoms with Crippen LogP contribution in [0.3, 0.4) is 0 Å². The summed E-state index contributed by atoms with van der Waals surface area (Å²) >= 11 is 1.95. The van der Waals surface area contributed by atoms with Crippen molar-refractivity contribution in [2.45, 2.75) is 64.0 Å². The van der Waals surface area contributed by atoms with Crippen LogP contribution < -0.4 is 10.6 Å². The molecule has 1 saturated heterocycles. The van der Waals surface area contributed by atoms with Crippen LogP contribution in [0, 0.1) is 11.8 Å². The first-order valence-corrected chi connectivity index (χ1v) is 11.9. The van der Waals surface area contributed by atoms with E-state index in [1.807, 2.05) is 11.8 Å². The van der Waals surface area contributed by atoms with E-state index in [2.05, 4.69) is 22.5 Å². The first kappa shape index (κ1) is 20.8. The monoisotopic (exact) mass is 396 g/mol. The Morgan fingerprint density at radius 3 is 2.52 bits per heavy atom. The van der Waals surface area contributed by atoms with Crippen LogP contribution in [0.2, 0.25) is 0 Å². The van der Waals surface area contributed by atoms with Crippen molar-refractivity contribution in [2.24, 2.45) is 16.8 Å². The highest BCUT2D eigenvalue weighted by Crippen LogP contribution is 2.27. The number of guanidine groups is 1. The minimum atomic E-state index is -0.189. The fourth-order valence-corrected chi connectivity index (χ4v) is 5.38. The molecule has 2 saturated carbocycles. The van der Waals surface area contributed by atoms with Gasteiger partial charge < -0.3 is 20.6 Å². The normalized spacial score (nSPS) is 32.4. The maximum Gasteiger partial charge on any atom is 0.225 e. The number of nitrogens with one attached hydrogen (secondary N) is 2. The Kier molecular flexibility index (Phi) is 8.12. The molecule has 7 heteroatoms. The van der Waals surface area contributed by atoms with Gasteiger partial charge in [-0.15, -0.1) is 0 Å². The largest absolute Gasteiger partial charge is 0.393 e. The van der Waals surface area contributed by atoms with Crippen molar-refractivity contribution < 1.29 is 9.90 Å². The van der Waals surface area contributed by atoms with Gasteiger partial charge in [-0.25, -0.2) is 0 Å². The third kappa shape index (κ3) is 6.01. The third-order valence-corrected chi connectivity index (χ3v) is 7.13. The van der Waals surface area contributed by atoms with Crippen LogP contribution >= 0.6 is 11.8 Å². The predicted octanol–water partition coefficient (Wildman–Crippen LogP) is 1.84. The summed E-state index contributed by atoms with van der Waals surface area (Å²) in [5, 5.41) is 16.9. The summed E-state index contributed by atoms with van der Waals surface area (Å²) in [5.74, 6) is 3.92. The SMILES string of the molecule is CCNC(=NCC1CCCC1O)NC1CCC(C(=O)N2CCSCC2)CC1. The second-order valence-electron chi connectivity index (χ2n) is 8.11. The van der Waals surface area contributed by atoms with E-state index in [-0.39, 0.29) is 12.0 Å². The van der Waals surface area contributed by atoms with E-state index in [9.17, 15) is 9.90 Å². The number of carbonyl (C=O) groups is 1. The van der Waals surface area contributed by atoms with Crippen LogP contribution in [0.15, 0.2) is 4.99 Å². The van der Waals surface area contributed by atoms with Crippen molar-refractivity contribution in [1.29, 1.82) is 0 Å². The molecule has 1 amide bonds. The number of aliphatic hydroxyl groups excluding tert-OH is 1. The molecule has 2 aliphatic carbocycles. The molecule has 27 heavy (non-hydrogen) atoms. The van der Waals surface area contributed by atoms with Crippen molar-refractivity contribution in [2.75, 3.05) is 37.7 Å². The van der Waals surface area contributed by atoms with Crippen LogP contribution in [-0.2, 0) is 4.79 Å². The van der Waals surface area contributed by atoms with Gasteiger partial charge in [-0.1, -0.05) is 6.42 Å². The van der Waals surface area contributed by atoms with Gasteiger partial charge >= 0.3 is 0 Å². The van der Waals surface area contributed by atoms with Gasteiger partial charge in [0.25, 0.3) is 0 Å². The molecule has 1 heterocycles. The Morgan fingerprint density at radius 2 is 1.89 bits per heavy atom. The molecule has 2 unspecified atom stereocenters. The van der Waals surface area contributed by atoms with Gasteiger partial charge in [-0.05, 0) is 45.4 Å². The lowest BCUT2D eigenvalue weighted by Crippen LogP contribution is -2.47. The zero-order valence-corrected chi connectivity index (χ0v) is 17.5. The quantitative estimate of drug-likeness (QED) is 0.488. The summed E-state index contributed by atoms with van der Waals surface area (Å²) in [5.41, 5.74) is 0. The zero-order valence-electron chi connectivity index (χ0n) is 16.7. The molecule has 3 aliphatic rings. The highest BCUT2D eigenvalue weighted by Gasteiger charge is 2.30. The second kappa shape index (κ2) is 10.6. The molecule has 154 valence electrons. The lowest BCUT2D eigenvalue weighted by molar-refractivity contribution is -0.136. The van der Waals surface area contributed by atoms with E-state index in [1.165, 1.54) is 0 Å². The second-order valence-corrected chi connectivity index (χ2v) is 9.33. The van der Waals surface area contributed by atoms with E-state index < -0.39 is 0 Å². The molecule has 0 radical (unpaired) electrons. The summed E-state index contributed by atoms with van der Waals surface area (Å²) in [6.45, 7) is 5.45. The number of amides is 1. The van der Waals surface area contributed by atoms with E-state index in [0.717, 1.165) is 82.0 Å². The molecule has 0 spiro atoms. The van der Waals surface area contributed by atoms with Crippen LogP contribution in [0.25, 0.3) is 0 Å². The summed E-state index contributed by atoms with van der Waals surface area (Å²) < 4.78 is 0. The highest BCUT2D eigenvalue weighted by atomic mass is 32.2. The van der Waals surface area contributed by atoms with Crippen LogP contribution in [0.4, 0.5) is 0 Å². The van der Waals surface area contributed by atoms with Crippen LogP contribution in [-0.4, -0.2) is 71.7 Å². The maximum absolute atomic E-state index is 12.7. The average molecular weight is 397 g/mol. The number of aliphatic imine (C=N–C) groups is 1. The molecule has 0 aromatic heterocycles. The summed E-state index contributed by atoms with van der Waals surface area (Å²) in [6.07, 6.45) is 6.90. The van der Waals surface area contributed by atoms with Crippen molar-refractivity contribution in [3.8, 4) is 0 Å². The van der Waals surface area contributed by atoms with E-state index in [1.54, 1.807) is 0 Å². The molecule has 6 nitrogen and oxygen atoms in total. The van der Waals surface area contributed by atoms with Gasteiger partial charge in [-0.3, -0.25) is 9.79 Å². The third-order valence-electron chi connectivity index (χ3n) is 6.19. The van der Waals surface area contributed by atoms with E-state index >= 15 is 0 Å². The topological polar surface area (TPSA) is 77.0 Å². The number of thioether (sulfide) groups is 1. The van der Waals surface area contributed by atoms with E-state index in [0.29, 0.717) is 24.4 Å². The van der Waals surface area contributed by atoms with Crippen molar-refractivity contribution in [3.63, 3.8) is 0 Å². The van der Waals surface area contributed by atoms with Gasteiger partial charge in [0.2, 0.25) is 5.91 Å². The Balaban J connectivity index is 1.45. The van der Waals surface area contributed by atoms with Crippen molar-refractivity contribution >= 4 is 23.6 Å². The molecule has 3 rings (SSSR count). The van der Waals surface area contributed by atoms with Gasteiger partial charge in [0.05, 0.1) is 6.10 Å². The standard InChI is InChI=1S/C20H36N4O2S/c1-2-21-20(22-14-16-4-3-5-18(16)25)23-17-8-6-15(7-9-17)19(26)24-10-12-27-13-11-24/h15-18,25H,2-14H2,1H3,(H2,21,22,23). The lowest BCUT2D eigenvalue weighted by atomic mass is 9.85. The smallest absolute Gasteiger partial charge is 0.225 e. The fraction of sp³-hybridized carbons (Fsp3) is 0.900. The number of nitrogens with zero attached hydrogens (tertiary/aromatic N) is 2. The molecule has 0 aromatic rings. The molecule has 0 aromatic carbocycles. The number of hydrogen-bond acceptors (Lipinski definition) is 4. The predicted molar refractivity (Wildman–Crippen MR) is 112 cm³/mol. The highest BCUT2D eigenvalue weighted by molar-refractivity contribution is 7.99. The molecule has 2 atom stereocenters. The van der Waals surface area contributed by atoms with Gasteiger partial charge in [0.1, 0.15) is 0 Å². The first-order chi connectivity index (χ1) is 13.2. The molecule has 1 aliphatic heterocycles. The minimum absolute atomic E-state index is 0.189. The number of hydrogen-bond donors (Lipinski definition) is 3. The molecular weight excluding hydrogens is 360 g/mol. The average Bonchev–Trinajstić information content (AvgIpc) is 3.12. The molecule has 3 N–H and O–H groups in total. The fourth-order valence-electron chi connectivity index (χ4n) is 4.48. The summed E-state index contributed by atoms with van der Waals surface area (Å²) in [6, 6.07) is 0.386. The molecule has 0 bridgehead atoms. The Labute approximate surface area is 167 Å². The van der Waals surface area contributed by atoms with Crippen LogP contribution in [0.1, 0.15) is 51.9 Å². The van der Waals surface area contributed by atoms with E-state index in [4.69, 9.17) is 4.99 Å². The number of aliphatic hydroxyl groups is 1. The van der Waals surface area contributed by atoms with Gasteiger partial charge in [0, 0.05) is 55.6 Å². The van der Waals surface area contributed by atoms with Crippen LogP contribution in [0.5, 0.6) is 0 Å². The molecular formula is C20H36N4O2S. The Bertz CT molecular complexity index is 502. The number of carbonyl (C=O) groups excluding carboxylic acids is 1. The Hall–Kier alpha value is -0.950. The lowest BCUT2D eigenvalue weighted by Gasteiger charge is -2.34. The molecule has 3 fully saturated rings. The maximum atomic E-state index is 12.7. The first-order valence-electron chi connectivity index (χ1n) is 10.8. The zero-order chi connectivity index (χ0) is 19.1. The van der Waals surface area contributed by atoms with Crippen molar-refractivity contribution in [1.82, 2.24) is 15.5 Å². The van der Waals surface area contributed by atoms with Crippen molar-refractivity contribution in [3.05, 3.63) is 0 Å². The summed E-state index contributed by atoms with van der Waals surface area (Å²) in [7, 11) is 0. The van der Waals surface area contributed by atoms with Gasteiger partial charge in [0.15, 0.2) is 5.96 Å². The number of rotatable bonds is 5. The Morgan fingerprint density at radius 1 is 1.15 bits per heavy atom.